The molecule has 100 valence electrons. The van der Waals surface area contributed by atoms with Crippen LogP contribution >= 0.6 is 11.8 Å². The molecule has 0 amide bonds. The van der Waals surface area contributed by atoms with Crippen molar-refractivity contribution in [3.8, 4) is 0 Å². The number of anilines is 1. The number of rotatable bonds is 6. The molecule has 2 N–H and O–H groups in total. The summed E-state index contributed by atoms with van der Waals surface area (Å²) < 4.78 is 11.1. The van der Waals surface area contributed by atoms with Crippen LogP contribution in [0, 0.1) is 0 Å². The van der Waals surface area contributed by atoms with Gasteiger partial charge in [-0.1, -0.05) is 6.07 Å². The SMILES string of the molecule is CSc1cccc(NC(C)CS(C)=O)c1C(=O)O. The van der Waals surface area contributed by atoms with E-state index in [0.29, 0.717) is 11.4 Å². The van der Waals surface area contributed by atoms with Gasteiger partial charge in [0.1, 0.15) is 0 Å². The van der Waals surface area contributed by atoms with Crippen LogP contribution in [-0.2, 0) is 10.8 Å². The smallest absolute Gasteiger partial charge is 0.338 e. The zero-order valence-corrected chi connectivity index (χ0v) is 12.2. The van der Waals surface area contributed by atoms with Crippen molar-refractivity contribution < 1.29 is 14.1 Å². The van der Waals surface area contributed by atoms with Crippen LogP contribution in [0.4, 0.5) is 5.69 Å². The molecule has 0 fully saturated rings. The van der Waals surface area contributed by atoms with Crippen molar-refractivity contribution in [2.45, 2.75) is 17.9 Å². The Morgan fingerprint density at radius 2 is 2.22 bits per heavy atom. The van der Waals surface area contributed by atoms with Crippen molar-refractivity contribution in [3.63, 3.8) is 0 Å². The van der Waals surface area contributed by atoms with Crippen LogP contribution in [0.2, 0.25) is 0 Å². The Morgan fingerprint density at radius 1 is 1.56 bits per heavy atom. The minimum atomic E-state index is -0.952. The number of carbonyl (C=O) groups is 1. The van der Waals surface area contributed by atoms with E-state index in [1.807, 2.05) is 19.2 Å². The molecule has 0 aliphatic heterocycles. The fraction of sp³-hybridized carbons (Fsp3) is 0.417. The minimum Gasteiger partial charge on any atom is -0.478 e. The van der Waals surface area contributed by atoms with E-state index in [0.717, 1.165) is 4.90 Å². The van der Waals surface area contributed by atoms with Crippen LogP contribution in [0.5, 0.6) is 0 Å². The van der Waals surface area contributed by atoms with Gasteiger partial charge in [-0.3, -0.25) is 4.21 Å². The Labute approximate surface area is 114 Å². The zero-order valence-electron chi connectivity index (χ0n) is 10.6. The number of hydrogen-bond acceptors (Lipinski definition) is 4. The van der Waals surface area contributed by atoms with E-state index >= 15 is 0 Å². The van der Waals surface area contributed by atoms with E-state index in [4.69, 9.17) is 0 Å². The molecule has 2 atom stereocenters. The lowest BCUT2D eigenvalue weighted by Gasteiger charge is -2.17. The summed E-state index contributed by atoms with van der Waals surface area (Å²) in [7, 11) is -0.909. The Morgan fingerprint density at radius 3 is 2.72 bits per heavy atom. The van der Waals surface area contributed by atoms with Gasteiger partial charge >= 0.3 is 5.97 Å². The largest absolute Gasteiger partial charge is 0.478 e. The summed E-state index contributed by atoms with van der Waals surface area (Å²) in [6, 6.07) is 5.29. The maximum absolute atomic E-state index is 11.3. The summed E-state index contributed by atoms with van der Waals surface area (Å²) in [5.74, 6) is -0.463. The van der Waals surface area contributed by atoms with Gasteiger partial charge in [-0.25, -0.2) is 4.79 Å². The van der Waals surface area contributed by atoms with Gasteiger partial charge in [-0.2, -0.15) is 0 Å². The highest BCUT2D eigenvalue weighted by atomic mass is 32.2. The van der Waals surface area contributed by atoms with Crippen molar-refractivity contribution >= 4 is 34.2 Å². The number of aromatic carboxylic acids is 1. The maximum atomic E-state index is 11.3. The second-order valence-electron chi connectivity index (χ2n) is 3.97. The first-order valence-corrected chi connectivity index (χ1v) is 8.37. The van der Waals surface area contributed by atoms with Gasteiger partial charge in [0.2, 0.25) is 0 Å². The summed E-state index contributed by atoms with van der Waals surface area (Å²) in [6.07, 6.45) is 3.48. The average Bonchev–Trinajstić information content (AvgIpc) is 2.26. The maximum Gasteiger partial charge on any atom is 0.338 e. The van der Waals surface area contributed by atoms with Crippen LogP contribution in [0.1, 0.15) is 17.3 Å². The third-order valence-corrected chi connectivity index (χ3v) is 4.10. The monoisotopic (exact) mass is 287 g/mol. The van der Waals surface area contributed by atoms with Gasteiger partial charge < -0.3 is 10.4 Å². The molecule has 0 radical (unpaired) electrons. The van der Waals surface area contributed by atoms with Crippen LogP contribution in [0.15, 0.2) is 23.1 Å². The molecule has 0 aliphatic rings. The fourth-order valence-electron chi connectivity index (χ4n) is 1.70. The fourth-order valence-corrected chi connectivity index (χ4v) is 3.10. The lowest BCUT2D eigenvalue weighted by molar-refractivity contribution is 0.0694. The Kier molecular flexibility index (Phi) is 5.68. The molecule has 0 aliphatic carbocycles. The average molecular weight is 287 g/mol. The highest BCUT2D eigenvalue weighted by Gasteiger charge is 2.16. The standard InChI is InChI=1S/C12H17NO3S2/c1-8(7-18(3)16)13-9-5-4-6-10(17-2)11(9)12(14)15/h4-6,8,13H,7H2,1-3H3,(H,14,15). The zero-order chi connectivity index (χ0) is 13.7. The number of hydrogen-bond donors (Lipinski definition) is 2. The molecule has 0 aromatic heterocycles. The van der Waals surface area contributed by atoms with Gasteiger partial charge in [-0.15, -0.1) is 11.8 Å². The third-order valence-electron chi connectivity index (χ3n) is 2.35. The van der Waals surface area contributed by atoms with Gasteiger partial charge in [0.05, 0.1) is 11.3 Å². The van der Waals surface area contributed by atoms with Gasteiger partial charge in [0.25, 0.3) is 0 Å². The van der Waals surface area contributed by atoms with Gasteiger partial charge in [-0.05, 0) is 25.3 Å². The van der Waals surface area contributed by atoms with Crippen molar-refractivity contribution in [2.24, 2.45) is 0 Å². The Bertz CT molecular complexity index is 463. The third kappa shape index (κ3) is 4.03. The Hall–Kier alpha value is -1.01. The summed E-state index contributed by atoms with van der Waals surface area (Å²) in [4.78, 5) is 12.0. The predicted molar refractivity (Wildman–Crippen MR) is 77.2 cm³/mol. The first-order valence-electron chi connectivity index (χ1n) is 5.42. The second-order valence-corrected chi connectivity index (χ2v) is 6.30. The van der Waals surface area contributed by atoms with E-state index in [1.165, 1.54) is 11.8 Å². The number of thioether (sulfide) groups is 1. The number of carboxylic acids is 1. The van der Waals surface area contributed by atoms with Crippen molar-refractivity contribution in [3.05, 3.63) is 23.8 Å². The minimum absolute atomic E-state index is 0.0361. The molecular formula is C12H17NO3S2. The first kappa shape index (κ1) is 15.0. The molecule has 6 heteroatoms. The summed E-state index contributed by atoms with van der Waals surface area (Å²) in [6.45, 7) is 1.89. The second kappa shape index (κ2) is 6.80. The molecule has 0 bridgehead atoms. The summed E-state index contributed by atoms with van der Waals surface area (Å²) in [5.41, 5.74) is 0.853. The molecule has 2 unspecified atom stereocenters. The molecule has 18 heavy (non-hydrogen) atoms. The molecule has 0 saturated carbocycles. The Balaban J connectivity index is 3.01. The van der Waals surface area contributed by atoms with E-state index in [-0.39, 0.29) is 11.6 Å². The molecule has 4 nitrogen and oxygen atoms in total. The molecule has 1 aromatic carbocycles. The molecule has 1 aromatic rings. The van der Waals surface area contributed by atoms with E-state index in [2.05, 4.69) is 5.32 Å². The molecule has 1 rings (SSSR count). The van der Waals surface area contributed by atoms with E-state index < -0.39 is 16.8 Å². The topological polar surface area (TPSA) is 66.4 Å². The summed E-state index contributed by atoms with van der Waals surface area (Å²) >= 11 is 1.40. The first-order chi connectivity index (χ1) is 8.45. The summed E-state index contributed by atoms with van der Waals surface area (Å²) in [5, 5.41) is 12.4. The predicted octanol–water partition coefficient (Wildman–Crippen LogP) is 2.29. The molecule has 0 heterocycles. The van der Waals surface area contributed by atoms with Crippen LogP contribution in [0.3, 0.4) is 0 Å². The highest BCUT2D eigenvalue weighted by Crippen LogP contribution is 2.27. The normalized spacial score (nSPS) is 13.9. The van der Waals surface area contributed by atoms with Crippen LogP contribution in [0.25, 0.3) is 0 Å². The van der Waals surface area contributed by atoms with Crippen LogP contribution in [-0.4, -0.2) is 39.6 Å². The molecular weight excluding hydrogens is 270 g/mol. The van der Waals surface area contributed by atoms with Crippen molar-refractivity contribution in [2.75, 3.05) is 23.6 Å². The van der Waals surface area contributed by atoms with Crippen molar-refractivity contribution in [1.82, 2.24) is 0 Å². The van der Waals surface area contributed by atoms with Gasteiger partial charge in [0.15, 0.2) is 0 Å². The lowest BCUT2D eigenvalue weighted by atomic mass is 10.1. The number of benzene rings is 1. The number of carboxylic acid groups (broad SMARTS) is 1. The highest BCUT2D eigenvalue weighted by molar-refractivity contribution is 7.98. The molecule has 0 saturated heterocycles. The molecule has 0 spiro atoms. The van der Waals surface area contributed by atoms with Gasteiger partial charge in [0, 0.05) is 33.7 Å². The van der Waals surface area contributed by atoms with E-state index in [9.17, 15) is 14.1 Å². The van der Waals surface area contributed by atoms with E-state index in [1.54, 1.807) is 18.4 Å². The number of nitrogens with one attached hydrogen (secondary N) is 1. The lowest BCUT2D eigenvalue weighted by Crippen LogP contribution is -2.23. The van der Waals surface area contributed by atoms with Crippen molar-refractivity contribution in [1.29, 1.82) is 0 Å². The van der Waals surface area contributed by atoms with Crippen LogP contribution < -0.4 is 5.32 Å². The quantitative estimate of drug-likeness (QED) is 0.786.